The highest BCUT2D eigenvalue weighted by Gasteiger charge is 2.11. The normalized spacial score (nSPS) is 10.4. The first-order valence-corrected chi connectivity index (χ1v) is 8.31. The molecule has 114 valence electrons. The molecule has 23 heavy (non-hydrogen) atoms. The molecule has 0 aliphatic rings. The number of rotatable bonds is 5. The summed E-state index contributed by atoms with van der Waals surface area (Å²) in [6.45, 7) is 2.71. The smallest absolute Gasteiger partial charge is 0.191 e. The van der Waals surface area contributed by atoms with Gasteiger partial charge in [-0.05, 0) is 24.1 Å². The van der Waals surface area contributed by atoms with Crippen LogP contribution in [0.3, 0.4) is 0 Å². The summed E-state index contributed by atoms with van der Waals surface area (Å²) in [6.07, 6.45) is 0. The Labute approximate surface area is 139 Å². The van der Waals surface area contributed by atoms with Gasteiger partial charge in [-0.1, -0.05) is 60.3 Å². The summed E-state index contributed by atoms with van der Waals surface area (Å²) in [7, 11) is 0. The number of hydrogen-bond donors (Lipinski definition) is 0. The summed E-state index contributed by atoms with van der Waals surface area (Å²) in [5.74, 6) is 1.60. The van der Waals surface area contributed by atoms with Gasteiger partial charge in [0, 0.05) is 5.75 Å². The van der Waals surface area contributed by atoms with Gasteiger partial charge in [-0.25, -0.2) is 0 Å². The van der Waals surface area contributed by atoms with E-state index in [1.165, 1.54) is 5.56 Å². The van der Waals surface area contributed by atoms with Crippen LogP contribution in [-0.2, 0) is 12.3 Å². The highest BCUT2D eigenvalue weighted by atomic mass is 32.2. The van der Waals surface area contributed by atoms with E-state index >= 15 is 0 Å². The minimum Gasteiger partial charge on any atom is -0.302 e. The molecule has 3 aromatic rings. The molecule has 0 atom stereocenters. The van der Waals surface area contributed by atoms with Crippen LogP contribution >= 0.6 is 11.8 Å². The summed E-state index contributed by atoms with van der Waals surface area (Å²) in [5.41, 5.74) is 2.95. The fourth-order valence-electron chi connectivity index (χ4n) is 2.31. The van der Waals surface area contributed by atoms with Gasteiger partial charge in [0.15, 0.2) is 5.16 Å². The zero-order chi connectivity index (χ0) is 16.1. The lowest BCUT2D eigenvalue weighted by molar-refractivity contribution is 0.688. The number of aryl methyl sites for hydroxylation is 1. The largest absolute Gasteiger partial charge is 0.302 e. The van der Waals surface area contributed by atoms with E-state index < -0.39 is 0 Å². The molecule has 0 amide bonds. The molecule has 1 aromatic heterocycles. The van der Waals surface area contributed by atoms with E-state index in [1.807, 2.05) is 49.4 Å². The maximum atomic E-state index is 9.18. The molecular weight excluding hydrogens is 304 g/mol. The van der Waals surface area contributed by atoms with Crippen LogP contribution in [0.2, 0.25) is 0 Å². The first-order valence-electron chi connectivity index (χ1n) is 7.32. The lowest BCUT2D eigenvalue weighted by atomic mass is 10.1. The highest BCUT2D eigenvalue weighted by molar-refractivity contribution is 7.98. The average Bonchev–Trinajstić information content (AvgIpc) is 2.94. The van der Waals surface area contributed by atoms with Crippen molar-refractivity contribution in [2.75, 3.05) is 0 Å². The lowest BCUT2D eigenvalue weighted by Crippen LogP contribution is -2.04. The monoisotopic (exact) mass is 320 g/mol. The highest BCUT2D eigenvalue weighted by Crippen LogP contribution is 2.24. The minimum absolute atomic E-state index is 0.705. The predicted molar refractivity (Wildman–Crippen MR) is 91.0 cm³/mol. The van der Waals surface area contributed by atoms with Gasteiger partial charge in [-0.15, -0.1) is 10.2 Å². The van der Waals surface area contributed by atoms with Gasteiger partial charge in [0.1, 0.15) is 5.82 Å². The summed E-state index contributed by atoms with van der Waals surface area (Å²) in [5, 5.41) is 18.5. The van der Waals surface area contributed by atoms with Crippen LogP contribution in [0.15, 0.2) is 59.8 Å². The number of benzene rings is 2. The predicted octanol–water partition coefficient (Wildman–Crippen LogP) is 3.80. The van der Waals surface area contributed by atoms with Crippen LogP contribution in [0.5, 0.6) is 0 Å². The van der Waals surface area contributed by atoms with Crippen LogP contribution in [-0.4, -0.2) is 14.8 Å². The number of nitriles is 1. The Morgan fingerprint density at radius 2 is 1.78 bits per heavy atom. The van der Waals surface area contributed by atoms with Gasteiger partial charge < -0.3 is 4.57 Å². The molecule has 0 aliphatic carbocycles. The average molecular weight is 320 g/mol. The third-order valence-corrected chi connectivity index (χ3v) is 4.60. The maximum Gasteiger partial charge on any atom is 0.191 e. The van der Waals surface area contributed by atoms with E-state index in [9.17, 15) is 5.26 Å². The molecule has 4 nitrogen and oxygen atoms in total. The van der Waals surface area contributed by atoms with Gasteiger partial charge in [0.05, 0.1) is 18.2 Å². The fraction of sp³-hybridized carbons (Fsp3) is 0.167. The van der Waals surface area contributed by atoms with Crippen molar-refractivity contribution in [2.45, 2.75) is 24.4 Å². The lowest BCUT2D eigenvalue weighted by Gasteiger charge is -2.09. The molecule has 0 saturated heterocycles. The van der Waals surface area contributed by atoms with Gasteiger partial charge in [-0.2, -0.15) is 5.26 Å². The second-order valence-corrected chi connectivity index (χ2v) is 6.10. The van der Waals surface area contributed by atoms with Crippen molar-refractivity contribution < 1.29 is 0 Å². The van der Waals surface area contributed by atoms with E-state index in [2.05, 4.69) is 33.0 Å². The first-order chi connectivity index (χ1) is 11.3. The van der Waals surface area contributed by atoms with Gasteiger partial charge in [0.2, 0.25) is 0 Å². The summed E-state index contributed by atoms with van der Waals surface area (Å²) >= 11 is 1.61. The number of nitrogens with zero attached hydrogens (tertiary/aromatic N) is 4. The molecule has 5 heteroatoms. The Morgan fingerprint density at radius 1 is 1.04 bits per heavy atom. The molecule has 2 aromatic carbocycles. The standard InChI is InChI=1S/C18H16N4S/c1-14-20-21-18(22(14)12-15-7-3-2-4-8-15)23-13-17-10-6-5-9-16(17)11-19/h2-10H,12-13H2,1H3. The molecule has 0 unspecified atom stereocenters. The molecule has 1 heterocycles. The molecule has 0 radical (unpaired) electrons. The Morgan fingerprint density at radius 3 is 2.57 bits per heavy atom. The van der Waals surface area contributed by atoms with Crippen molar-refractivity contribution in [1.82, 2.24) is 14.8 Å². The third-order valence-electron chi connectivity index (χ3n) is 3.58. The number of thioether (sulfide) groups is 1. The summed E-state index contributed by atoms with van der Waals surface area (Å²) in [4.78, 5) is 0. The molecular formula is C18H16N4S. The first kappa shape index (κ1) is 15.3. The van der Waals surface area contributed by atoms with Crippen LogP contribution < -0.4 is 0 Å². The van der Waals surface area contributed by atoms with Crippen molar-refractivity contribution in [3.63, 3.8) is 0 Å². The molecule has 0 fully saturated rings. The maximum absolute atomic E-state index is 9.18. The van der Waals surface area contributed by atoms with E-state index in [4.69, 9.17) is 0 Å². The van der Waals surface area contributed by atoms with Crippen LogP contribution in [0, 0.1) is 18.3 Å². The molecule has 0 spiro atoms. The van der Waals surface area contributed by atoms with E-state index in [1.54, 1.807) is 11.8 Å². The van der Waals surface area contributed by atoms with Crippen LogP contribution in [0.1, 0.15) is 22.5 Å². The van der Waals surface area contributed by atoms with Gasteiger partial charge >= 0.3 is 0 Å². The van der Waals surface area contributed by atoms with Gasteiger partial charge in [-0.3, -0.25) is 0 Å². The summed E-state index contributed by atoms with van der Waals surface area (Å²) in [6, 6.07) is 20.2. The quantitative estimate of drug-likeness (QED) is 0.671. The van der Waals surface area contributed by atoms with E-state index in [-0.39, 0.29) is 0 Å². The minimum atomic E-state index is 0.705. The zero-order valence-electron chi connectivity index (χ0n) is 12.8. The van der Waals surface area contributed by atoms with Crippen molar-refractivity contribution in [3.8, 4) is 6.07 Å². The van der Waals surface area contributed by atoms with Crippen molar-refractivity contribution in [2.24, 2.45) is 0 Å². The third kappa shape index (κ3) is 3.61. The van der Waals surface area contributed by atoms with Crippen LogP contribution in [0.25, 0.3) is 0 Å². The van der Waals surface area contributed by atoms with Crippen LogP contribution in [0.4, 0.5) is 0 Å². The number of hydrogen-bond acceptors (Lipinski definition) is 4. The SMILES string of the molecule is Cc1nnc(SCc2ccccc2C#N)n1Cc1ccccc1. The van der Waals surface area contributed by atoms with E-state index in [0.29, 0.717) is 11.3 Å². The van der Waals surface area contributed by atoms with Crippen molar-refractivity contribution in [3.05, 3.63) is 77.1 Å². The fourth-order valence-corrected chi connectivity index (χ4v) is 3.30. The van der Waals surface area contributed by atoms with Crippen molar-refractivity contribution >= 4 is 11.8 Å². The van der Waals surface area contributed by atoms with Crippen molar-refractivity contribution in [1.29, 1.82) is 5.26 Å². The topological polar surface area (TPSA) is 54.5 Å². The molecule has 0 saturated carbocycles. The molecule has 0 bridgehead atoms. The second kappa shape index (κ2) is 7.12. The molecule has 3 rings (SSSR count). The Hall–Kier alpha value is -2.58. The number of aromatic nitrogens is 3. The Balaban J connectivity index is 1.78. The summed E-state index contributed by atoms with van der Waals surface area (Å²) < 4.78 is 2.11. The Kier molecular flexibility index (Phi) is 4.74. The molecule has 0 N–H and O–H groups in total. The Bertz CT molecular complexity index is 834. The second-order valence-electron chi connectivity index (χ2n) is 5.16. The zero-order valence-corrected chi connectivity index (χ0v) is 13.6. The van der Waals surface area contributed by atoms with E-state index in [0.717, 1.165) is 23.1 Å². The molecule has 0 aliphatic heterocycles. The van der Waals surface area contributed by atoms with Gasteiger partial charge in [0.25, 0.3) is 0 Å².